The number of carbonyl (C=O) groups is 1. The molecule has 6 nitrogen and oxygen atoms in total. The number of para-hydroxylation sites is 1. The molecule has 26 heavy (non-hydrogen) atoms. The van der Waals surface area contributed by atoms with E-state index in [0.717, 1.165) is 6.07 Å². The third-order valence-electron chi connectivity index (χ3n) is 3.70. The molecule has 0 aliphatic rings. The summed E-state index contributed by atoms with van der Waals surface area (Å²) < 4.78 is 39.6. The number of aromatic hydroxyl groups is 1. The van der Waals surface area contributed by atoms with Crippen molar-refractivity contribution in [1.82, 2.24) is 5.32 Å². The van der Waals surface area contributed by atoms with Gasteiger partial charge in [-0.3, -0.25) is 9.52 Å². The molecule has 0 spiro atoms. The van der Waals surface area contributed by atoms with Gasteiger partial charge in [-0.15, -0.1) is 0 Å². The molecule has 1 amide bonds. The van der Waals surface area contributed by atoms with Crippen molar-refractivity contribution in [3.05, 3.63) is 59.9 Å². The normalized spacial score (nSPS) is 12.4. The maximum atomic E-state index is 13.1. The number of sulfonamides is 1. The van der Waals surface area contributed by atoms with Crippen LogP contribution in [-0.4, -0.2) is 31.7 Å². The Kier molecular flexibility index (Phi) is 6.57. The lowest BCUT2D eigenvalue weighted by Gasteiger charge is -2.14. The summed E-state index contributed by atoms with van der Waals surface area (Å²) >= 11 is 0. The molecule has 0 bridgehead atoms. The highest BCUT2D eigenvalue weighted by Gasteiger charge is 2.21. The summed E-state index contributed by atoms with van der Waals surface area (Å²) in [6, 6.07) is 11.9. The third-order valence-corrected chi connectivity index (χ3v) is 5.19. The van der Waals surface area contributed by atoms with E-state index in [2.05, 4.69) is 10.0 Å². The van der Waals surface area contributed by atoms with E-state index in [1.807, 2.05) is 0 Å². The van der Waals surface area contributed by atoms with Crippen LogP contribution in [-0.2, 0) is 21.2 Å². The molecule has 0 fully saturated rings. The zero-order chi connectivity index (χ0) is 19.2. The zero-order valence-corrected chi connectivity index (χ0v) is 15.1. The summed E-state index contributed by atoms with van der Waals surface area (Å²) in [5, 5.41) is 12.3. The number of nitrogens with one attached hydrogen (secondary N) is 2. The van der Waals surface area contributed by atoms with Gasteiger partial charge in [-0.1, -0.05) is 31.2 Å². The fourth-order valence-corrected chi connectivity index (χ4v) is 3.77. The second-order valence-corrected chi connectivity index (χ2v) is 7.73. The first kappa shape index (κ1) is 19.7. The van der Waals surface area contributed by atoms with E-state index in [9.17, 15) is 22.7 Å². The Morgan fingerprint density at radius 1 is 1.19 bits per heavy atom. The Labute approximate surface area is 152 Å². The van der Waals surface area contributed by atoms with Gasteiger partial charge < -0.3 is 10.4 Å². The number of phenolic OH excluding ortho intramolecular Hbond substituents is 1. The van der Waals surface area contributed by atoms with E-state index >= 15 is 0 Å². The maximum Gasteiger partial charge on any atom is 0.233 e. The van der Waals surface area contributed by atoms with Crippen LogP contribution in [0.3, 0.4) is 0 Å². The molecule has 3 N–H and O–H groups in total. The molecule has 0 saturated heterocycles. The fourth-order valence-electron chi connectivity index (χ4n) is 2.39. The smallest absolute Gasteiger partial charge is 0.233 e. The number of hydrogen-bond donors (Lipinski definition) is 3. The number of rotatable bonds is 8. The molecule has 8 heteroatoms. The number of hydrogen-bond acceptors (Lipinski definition) is 4. The number of carbonyl (C=O) groups excluding carboxylic acids is 1. The van der Waals surface area contributed by atoms with Gasteiger partial charge in [0, 0.05) is 6.54 Å². The molecule has 140 valence electrons. The van der Waals surface area contributed by atoms with E-state index in [4.69, 9.17) is 0 Å². The van der Waals surface area contributed by atoms with Crippen LogP contribution >= 0.6 is 0 Å². The van der Waals surface area contributed by atoms with Crippen molar-refractivity contribution in [2.45, 2.75) is 13.3 Å². The van der Waals surface area contributed by atoms with Crippen molar-refractivity contribution in [2.24, 2.45) is 5.92 Å². The maximum absolute atomic E-state index is 13.1. The molecule has 1 unspecified atom stereocenters. The SMILES string of the molecule is CC(CS(=O)(=O)Nc1cccc(F)c1)C(=O)NCCc1ccccc1O. The Hall–Kier alpha value is -2.61. The van der Waals surface area contributed by atoms with Crippen molar-refractivity contribution in [2.75, 3.05) is 17.0 Å². The van der Waals surface area contributed by atoms with Crippen LogP contribution in [0.4, 0.5) is 10.1 Å². The molecule has 2 aromatic rings. The molecule has 2 aromatic carbocycles. The van der Waals surface area contributed by atoms with Crippen molar-refractivity contribution in [3.8, 4) is 5.75 Å². The number of benzene rings is 2. The minimum atomic E-state index is -3.80. The van der Waals surface area contributed by atoms with Gasteiger partial charge in [0.25, 0.3) is 0 Å². The molecular formula is C18H21FN2O4S. The standard InChI is InChI=1S/C18H21FN2O4S/c1-13(12-26(24,25)21-16-7-4-6-15(19)11-16)18(23)20-10-9-14-5-2-3-8-17(14)22/h2-8,11,13,21-22H,9-10,12H2,1H3,(H,20,23). The van der Waals surface area contributed by atoms with Crippen LogP contribution in [0.5, 0.6) is 5.75 Å². The molecule has 0 saturated carbocycles. The van der Waals surface area contributed by atoms with Crippen LogP contribution in [0.2, 0.25) is 0 Å². The lowest BCUT2D eigenvalue weighted by Crippen LogP contribution is -2.35. The van der Waals surface area contributed by atoms with Gasteiger partial charge in [0.15, 0.2) is 0 Å². The molecule has 1 atom stereocenters. The predicted octanol–water partition coefficient (Wildman–Crippen LogP) is 2.27. The Balaban J connectivity index is 1.84. The Bertz CT molecular complexity index is 871. The van der Waals surface area contributed by atoms with Gasteiger partial charge in [-0.2, -0.15) is 0 Å². The van der Waals surface area contributed by atoms with Gasteiger partial charge in [0.2, 0.25) is 15.9 Å². The lowest BCUT2D eigenvalue weighted by molar-refractivity contribution is -0.123. The topological polar surface area (TPSA) is 95.5 Å². The van der Waals surface area contributed by atoms with Crippen molar-refractivity contribution >= 4 is 21.6 Å². The van der Waals surface area contributed by atoms with Gasteiger partial charge >= 0.3 is 0 Å². The second-order valence-electron chi connectivity index (χ2n) is 5.96. The Morgan fingerprint density at radius 3 is 2.62 bits per heavy atom. The highest BCUT2D eigenvalue weighted by molar-refractivity contribution is 7.92. The van der Waals surface area contributed by atoms with Crippen molar-refractivity contribution in [3.63, 3.8) is 0 Å². The number of anilines is 1. The van der Waals surface area contributed by atoms with E-state index in [1.165, 1.54) is 25.1 Å². The highest BCUT2D eigenvalue weighted by atomic mass is 32.2. The van der Waals surface area contributed by atoms with Crippen LogP contribution in [0.1, 0.15) is 12.5 Å². The van der Waals surface area contributed by atoms with Crippen LogP contribution in [0.25, 0.3) is 0 Å². The molecule has 0 radical (unpaired) electrons. The predicted molar refractivity (Wildman–Crippen MR) is 97.8 cm³/mol. The van der Waals surface area contributed by atoms with E-state index < -0.39 is 33.4 Å². The second kappa shape index (κ2) is 8.66. The minimum absolute atomic E-state index is 0.108. The molecule has 0 aromatic heterocycles. The first-order valence-corrected chi connectivity index (χ1v) is 9.73. The lowest BCUT2D eigenvalue weighted by atomic mass is 10.1. The summed E-state index contributed by atoms with van der Waals surface area (Å²) in [7, 11) is -3.80. The number of amides is 1. The number of phenols is 1. The zero-order valence-electron chi connectivity index (χ0n) is 14.3. The average Bonchev–Trinajstić information content (AvgIpc) is 2.55. The number of halogens is 1. The van der Waals surface area contributed by atoms with Gasteiger partial charge in [0.05, 0.1) is 17.4 Å². The summed E-state index contributed by atoms with van der Waals surface area (Å²) in [6.07, 6.45) is 0.430. The highest BCUT2D eigenvalue weighted by Crippen LogP contribution is 2.16. The van der Waals surface area contributed by atoms with Gasteiger partial charge in [-0.25, -0.2) is 12.8 Å². The van der Waals surface area contributed by atoms with Crippen LogP contribution in [0.15, 0.2) is 48.5 Å². The molecule has 0 aliphatic carbocycles. The molecule has 0 aliphatic heterocycles. The van der Waals surface area contributed by atoms with Crippen LogP contribution < -0.4 is 10.0 Å². The summed E-state index contributed by atoms with van der Waals surface area (Å²) in [5.74, 6) is -2.03. The van der Waals surface area contributed by atoms with Crippen LogP contribution in [0, 0.1) is 11.7 Å². The third kappa shape index (κ3) is 6.03. The minimum Gasteiger partial charge on any atom is -0.508 e. The monoisotopic (exact) mass is 380 g/mol. The van der Waals surface area contributed by atoms with Crippen molar-refractivity contribution in [1.29, 1.82) is 0 Å². The Morgan fingerprint density at radius 2 is 1.92 bits per heavy atom. The fraction of sp³-hybridized carbons (Fsp3) is 0.278. The quantitative estimate of drug-likeness (QED) is 0.655. The summed E-state index contributed by atoms with van der Waals surface area (Å²) in [6.45, 7) is 1.78. The van der Waals surface area contributed by atoms with Gasteiger partial charge in [-0.05, 0) is 36.2 Å². The molecule has 2 rings (SSSR count). The summed E-state index contributed by atoms with van der Waals surface area (Å²) in [5.41, 5.74) is 0.804. The average molecular weight is 380 g/mol. The van der Waals surface area contributed by atoms with Gasteiger partial charge in [0.1, 0.15) is 11.6 Å². The summed E-state index contributed by atoms with van der Waals surface area (Å²) in [4.78, 5) is 12.1. The van der Waals surface area contributed by atoms with Crippen molar-refractivity contribution < 1.29 is 22.7 Å². The van der Waals surface area contributed by atoms with E-state index in [0.29, 0.717) is 12.0 Å². The first-order chi connectivity index (χ1) is 12.3. The molecule has 0 heterocycles. The first-order valence-electron chi connectivity index (χ1n) is 8.07. The molecular weight excluding hydrogens is 359 g/mol. The van der Waals surface area contributed by atoms with E-state index in [-0.39, 0.29) is 18.0 Å². The van der Waals surface area contributed by atoms with E-state index in [1.54, 1.807) is 24.3 Å². The largest absolute Gasteiger partial charge is 0.508 e.